The van der Waals surface area contributed by atoms with Crippen LogP contribution in [0.5, 0.6) is 0 Å². The number of hydrogen-bond donors (Lipinski definition) is 0. The van der Waals surface area contributed by atoms with Gasteiger partial charge in [0.05, 0.1) is 6.42 Å². The molecule has 0 N–H and O–H groups in total. The summed E-state index contributed by atoms with van der Waals surface area (Å²) >= 11 is 5.11. The van der Waals surface area contributed by atoms with Crippen molar-refractivity contribution < 1.29 is 4.79 Å². The Labute approximate surface area is 103 Å². The van der Waals surface area contributed by atoms with E-state index in [4.69, 9.17) is 0 Å². The molecule has 1 rings (SSSR count). The highest BCUT2D eigenvalue weighted by Gasteiger charge is 2.10. The fraction of sp³-hybridized carbons (Fsp3) is 0.545. The SMILES string of the molecule is CC(Br)CCN(C)C(=O)Cc1cccs1. The van der Waals surface area contributed by atoms with Crippen LogP contribution >= 0.6 is 27.3 Å². The molecule has 0 aliphatic heterocycles. The predicted molar refractivity (Wildman–Crippen MR) is 68.7 cm³/mol. The second-order valence-corrected chi connectivity index (χ2v) is 6.24. The van der Waals surface area contributed by atoms with Crippen molar-refractivity contribution in [3.05, 3.63) is 22.4 Å². The minimum absolute atomic E-state index is 0.200. The summed E-state index contributed by atoms with van der Waals surface area (Å²) in [5.74, 6) is 0.200. The molecule has 1 aromatic rings. The molecule has 0 aromatic carbocycles. The fourth-order valence-corrected chi connectivity index (χ4v) is 2.09. The van der Waals surface area contributed by atoms with Crippen molar-refractivity contribution >= 4 is 33.2 Å². The molecule has 0 saturated heterocycles. The molecule has 0 fully saturated rings. The van der Waals surface area contributed by atoms with Gasteiger partial charge in [0.25, 0.3) is 0 Å². The Hall–Kier alpha value is -0.350. The molecule has 0 saturated carbocycles. The van der Waals surface area contributed by atoms with Crippen LogP contribution in [0.15, 0.2) is 17.5 Å². The van der Waals surface area contributed by atoms with E-state index >= 15 is 0 Å². The molecule has 1 heterocycles. The second kappa shape index (κ2) is 6.28. The maximum absolute atomic E-state index is 11.7. The van der Waals surface area contributed by atoms with Crippen molar-refractivity contribution in [2.75, 3.05) is 13.6 Å². The summed E-state index contributed by atoms with van der Waals surface area (Å²) in [5, 5.41) is 2.00. The van der Waals surface area contributed by atoms with Crippen molar-refractivity contribution in [2.45, 2.75) is 24.6 Å². The van der Waals surface area contributed by atoms with E-state index in [0.717, 1.165) is 17.8 Å². The van der Waals surface area contributed by atoms with Gasteiger partial charge < -0.3 is 4.90 Å². The van der Waals surface area contributed by atoms with Crippen LogP contribution < -0.4 is 0 Å². The summed E-state index contributed by atoms with van der Waals surface area (Å²) in [6, 6.07) is 3.98. The zero-order chi connectivity index (χ0) is 11.3. The molecule has 15 heavy (non-hydrogen) atoms. The molecular formula is C11H16BrNOS. The van der Waals surface area contributed by atoms with Gasteiger partial charge in [0.1, 0.15) is 0 Å². The molecule has 0 spiro atoms. The van der Waals surface area contributed by atoms with E-state index in [1.54, 1.807) is 16.2 Å². The smallest absolute Gasteiger partial charge is 0.227 e. The lowest BCUT2D eigenvalue weighted by atomic mass is 10.3. The molecule has 0 aliphatic carbocycles. The van der Waals surface area contributed by atoms with E-state index < -0.39 is 0 Å². The number of amides is 1. The molecule has 0 aliphatic rings. The van der Waals surface area contributed by atoms with Crippen LogP contribution in [-0.2, 0) is 11.2 Å². The van der Waals surface area contributed by atoms with Crippen LogP contribution in [-0.4, -0.2) is 29.2 Å². The molecule has 1 amide bonds. The molecule has 4 heteroatoms. The van der Waals surface area contributed by atoms with Gasteiger partial charge >= 0.3 is 0 Å². The standard InChI is InChI=1S/C11H16BrNOS/c1-9(12)5-6-13(2)11(14)8-10-4-3-7-15-10/h3-4,7,9H,5-6,8H2,1-2H3. The molecule has 84 valence electrons. The third-order valence-corrected chi connectivity index (χ3v) is 3.53. The highest BCUT2D eigenvalue weighted by atomic mass is 79.9. The van der Waals surface area contributed by atoms with E-state index in [9.17, 15) is 4.79 Å². The molecule has 0 radical (unpaired) electrons. The number of nitrogens with zero attached hydrogens (tertiary/aromatic N) is 1. The van der Waals surface area contributed by atoms with E-state index in [1.165, 1.54) is 0 Å². The average molecular weight is 290 g/mol. The van der Waals surface area contributed by atoms with Gasteiger partial charge in [-0.25, -0.2) is 0 Å². The fourth-order valence-electron chi connectivity index (χ4n) is 1.19. The maximum Gasteiger partial charge on any atom is 0.227 e. The molecule has 1 aromatic heterocycles. The number of carbonyl (C=O) groups excluding carboxylic acids is 1. The maximum atomic E-state index is 11.7. The first-order valence-corrected chi connectivity index (χ1v) is 6.79. The normalized spacial score (nSPS) is 12.5. The number of rotatable bonds is 5. The molecule has 1 unspecified atom stereocenters. The lowest BCUT2D eigenvalue weighted by Crippen LogP contribution is -2.29. The summed E-state index contributed by atoms with van der Waals surface area (Å²) in [4.78, 5) is 15.1. The first-order valence-electron chi connectivity index (χ1n) is 5.00. The molecule has 1 atom stereocenters. The van der Waals surface area contributed by atoms with Gasteiger partial charge in [0.2, 0.25) is 5.91 Å². The van der Waals surface area contributed by atoms with Crippen LogP contribution in [0.4, 0.5) is 0 Å². The Bertz CT molecular complexity index is 298. The summed E-state index contributed by atoms with van der Waals surface area (Å²) < 4.78 is 0. The first kappa shape index (κ1) is 12.7. The van der Waals surface area contributed by atoms with Gasteiger partial charge in [0, 0.05) is 23.3 Å². The van der Waals surface area contributed by atoms with Gasteiger partial charge in [0.15, 0.2) is 0 Å². The number of likely N-dealkylation sites (N-methyl/N-ethyl adjacent to an activating group) is 1. The highest BCUT2D eigenvalue weighted by molar-refractivity contribution is 9.09. The van der Waals surface area contributed by atoms with Crippen LogP contribution in [0.2, 0.25) is 0 Å². The van der Waals surface area contributed by atoms with Crippen LogP contribution in [0.3, 0.4) is 0 Å². The van der Waals surface area contributed by atoms with E-state index in [-0.39, 0.29) is 5.91 Å². The quantitative estimate of drug-likeness (QED) is 0.764. The molecule has 0 bridgehead atoms. The minimum Gasteiger partial charge on any atom is -0.345 e. The van der Waals surface area contributed by atoms with E-state index in [2.05, 4.69) is 22.9 Å². The average Bonchev–Trinajstić information content (AvgIpc) is 2.66. The van der Waals surface area contributed by atoms with Gasteiger partial charge in [-0.1, -0.05) is 28.9 Å². The molecule has 2 nitrogen and oxygen atoms in total. The number of alkyl halides is 1. The first-order chi connectivity index (χ1) is 7.09. The lowest BCUT2D eigenvalue weighted by molar-refractivity contribution is -0.129. The largest absolute Gasteiger partial charge is 0.345 e. The monoisotopic (exact) mass is 289 g/mol. The Morgan fingerprint density at radius 3 is 2.93 bits per heavy atom. The predicted octanol–water partition coefficient (Wildman–Crippen LogP) is 2.92. The number of halogens is 1. The van der Waals surface area contributed by atoms with Gasteiger partial charge in [-0.15, -0.1) is 11.3 Å². The number of hydrogen-bond acceptors (Lipinski definition) is 2. The zero-order valence-electron chi connectivity index (χ0n) is 9.07. The lowest BCUT2D eigenvalue weighted by Gasteiger charge is -2.17. The highest BCUT2D eigenvalue weighted by Crippen LogP contribution is 2.11. The number of carbonyl (C=O) groups is 1. The van der Waals surface area contributed by atoms with Crippen molar-refractivity contribution in [3.63, 3.8) is 0 Å². The summed E-state index contributed by atoms with van der Waals surface area (Å²) in [7, 11) is 1.87. The van der Waals surface area contributed by atoms with Crippen molar-refractivity contribution in [2.24, 2.45) is 0 Å². The van der Waals surface area contributed by atoms with Gasteiger partial charge in [-0.3, -0.25) is 4.79 Å². The summed E-state index contributed by atoms with van der Waals surface area (Å²) in [6.45, 7) is 2.91. The third-order valence-electron chi connectivity index (χ3n) is 2.19. The minimum atomic E-state index is 0.200. The summed E-state index contributed by atoms with van der Waals surface area (Å²) in [6.07, 6.45) is 1.53. The van der Waals surface area contributed by atoms with Crippen molar-refractivity contribution in [3.8, 4) is 0 Å². The van der Waals surface area contributed by atoms with Crippen LogP contribution in [0, 0.1) is 0 Å². The Kier molecular flexibility index (Phi) is 5.32. The van der Waals surface area contributed by atoms with E-state index in [1.807, 2.05) is 24.6 Å². The van der Waals surface area contributed by atoms with Crippen molar-refractivity contribution in [1.29, 1.82) is 0 Å². The third kappa shape index (κ3) is 4.80. The van der Waals surface area contributed by atoms with Crippen molar-refractivity contribution in [1.82, 2.24) is 4.90 Å². The number of thiophene rings is 1. The molecular weight excluding hydrogens is 274 g/mol. The Balaban J connectivity index is 2.33. The second-order valence-electron chi connectivity index (χ2n) is 3.64. The Morgan fingerprint density at radius 2 is 2.40 bits per heavy atom. The summed E-state index contributed by atoms with van der Waals surface area (Å²) in [5.41, 5.74) is 0. The Morgan fingerprint density at radius 1 is 1.67 bits per heavy atom. The zero-order valence-corrected chi connectivity index (χ0v) is 11.5. The van der Waals surface area contributed by atoms with E-state index in [0.29, 0.717) is 11.2 Å². The van der Waals surface area contributed by atoms with Crippen LogP contribution in [0.1, 0.15) is 18.2 Å². The topological polar surface area (TPSA) is 20.3 Å². The van der Waals surface area contributed by atoms with Crippen LogP contribution in [0.25, 0.3) is 0 Å². The van der Waals surface area contributed by atoms with Gasteiger partial charge in [-0.05, 0) is 17.9 Å². The van der Waals surface area contributed by atoms with Gasteiger partial charge in [-0.2, -0.15) is 0 Å².